The third-order valence-electron chi connectivity index (χ3n) is 5.48. The van der Waals surface area contributed by atoms with E-state index in [0.717, 1.165) is 22.6 Å². The summed E-state index contributed by atoms with van der Waals surface area (Å²) in [5, 5.41) is 5.28. The average molecular weight is 500 g/mol. The number of nitrogens with one attached hydrogen (secondary N) is 2. The van der Waals surface area contributed by atoms with Gasteiger partial charge in [0.1, 0.15) is 6.61 Å². The lowest BCUT2D eigenvalue weighted by atomic mass is 9.97. The van der Waals surface area contributed by atoms with Crippen LogP contribution in [0, 0.1) is 11.3 Å². The van der Waals surface area contributed by atoms with Gasteiger partial charge in [-0.05, 0) is 45.4 Å². The second-order valence-electron chi connectivity index (χ2n) is 9.78. The molecule has 10 heteroatoms. The highest BCUT2D eigenvalue weighted by molar-refractivity contribution is 6.13. The van der Waals surface area contributed by atoms with Crippen molar-refractivity contribution in [3.05, 3.63) is 42.0 Å². The Labute approximate surface area is 210 Å². The molecule has 2 atom stereocenters. The molecule has 0 aliphatic carbocycles. The number of carbonyl (C=O) groups is 6. The molecule has 36 heavy (non-hydrogen) atoms. The Bertz CT molecular complexity index is 1040. The number of Topliss-reactive ketones (excluding diaryl/α,β-unsaturated/α-hetero) is 1. The summed E-state index contributed by atoms with van der Waals surface area (Å²) in [7, 11) is 0. The molecule has 0 bridgehead atoms. The standard InChI is InChI=1S/C26H33N3O7/c1-16(14-20(30)17(2)27-21(31)12-13-29-22(32)10-11-23(29)33)24(34)28-19-8-6-18(7-9-19)15-36-25(35)26(3,4)5/h6-11,16-17H,12-15H2,1-5H3,(H,27,31)(H,28,34)/t16-,17+/m1/s1. The first-order chi connectivity index (χ1) is 16.8. The molecule has 2 rings (SSSR count). The van der Waals surface area contributed by atoms with Gasteiger partial charge >= 0.3 is 5.97 Å². The fourth-order valence-corrected chi connectivity index (χ4v) is 3.15. The van der Waals surface area contributed by atoms with Crippen molar-refractivity contribution in [2.24, 2.45) is 11.3 Å². The van der Waals surface area contributed by atoms with Crippen molar-refractivity contribution < 1.29 is 33.5 Å². The van der Waals surface area contributed by atoms with Gasteiger partial charge in [-0.3, -0.25) is 33.7 Å². The zero-order valence-corrected chi connectivity index (χ0v) is 21.3. The summed E-state index contributed by atoms with van der Waals surface area (Å²) in [4.78, 5) is 73.0. The van der Waals surface area contributed by atoms with Gasteiger partial charge in [-0.25, -0.2) is 0 Å². The van der Waals surface area contributed by atoms with E-state index in [9.17, 15) is 28.8 Å². The molecule has 1 heterocycles. The topological polar surface area (TPSA) is 139 Å². The van der Waals surface area contributed by atoms with E-state index in [1.165, 1.54) is 6.92 Å². The number of hydrogen-bond donors (Lipinski definition) is 2. The Kier molecular flexibility index (Phi) is 9.66. The zero-order valence-electron chi connectivity index (χ0n) is 21.3. The minimum absolute atomic E-state index is 0.0754. The van der Waals surface area contributed by atoms with Gasteiger partial charge in [-0.1, -0.05) is 19.1 Å². The first kappa shape index (κ1) is 28.4. The molecule has 4 amide bonds. The molecule has 0 spiro atoms. The molecule has 1 aromatic rings. The summed E-state index contributed by atoms with van der Waals surface area (Å²) in [6, 6.07) is 6.00. The van der Waals surface area contributed by atoms with Crippen molar-refractivity contribution in [2.45, 2.75) is 60.1 Å². The number of anilines is 1. The van der Waals surface area contributed by atoms with Crippen LogP contribution in [0.2, 0.25) is 0 Å². The quantitative estimate of drug-likeness (QED) is 0.351. The minimum Gasteiger partial charge on any atom is -0.460 e. The average Bonchev–Trinajstić information content (AvgIpc) is 3.13. The van der Waals surface area contributed by atoms with Crippen LogP contribution in [0.25, 0.3) is 0 Å². The van der Waals surface area contributed by atoms with Crippen LogP contribution in [-0.4, -0.2) is 52.9 Å². The smallest absolute Gasteiger partial charge is 0.311 e. The number of benzene rings is 1. The molecule has 0 radical (unpaired) electrons. The van der Waals surface area contributed by atoms with Gasteiger partial charge in [0.2, 0.25) is 11.8 Å². The highest BCUT2D eigenvalue weighted by Crippen LogP contribution is 2.18. The van der Waals surface area contributed by atoms with Crippen molar-refractivity contribution in [3.8, 4) is 0 Å². The van der Waals surface area contributed by atoms with Crippen molar-refractivity contribution in [2.75, 3.05) is 11.9 Å². The Balaban J connectivity index is 1.76. The fourth-order valence-electron chi connectivity index (χ4n) is 3.15. The van der Waals surface area contributed by atoms with Gasteiger partial charge in [0, 0.05) is 43.1 Å². The van der Waals surface area contributed by atoms with Gasteiger partial charge in [0.15, 0.2) is 5.78 Å². The highest BCUT2D eigenvalue weighted by atomic mass is 16.5. The second-order valence-corrected chi connectivity index (χ2v) is 9.78. The van der Waals surface area contributed by atoms with Crippen LogP contribution in [0.15, 0.2) is 36.4 Å². The number of imide groups is 1. The van der Waals surface area contributed by atoms with Crippen LogP contribution in [0.5, 0.6) is 0 Å². The third kappa shape index (κ3) is 8.44. The van der Waals surface area contributed by atoms with E-state index in [1.807, 2.05) is 0 Å². The molecule has 0 saturated carbocycles. The third-order valence-corrected chi connectivity index (χ3v) is 5.48. The maximum atomic E-state index is 12.5. The summed E-state index contributed by atoms with van der Waals surface area (Å²) >= 11 is 0. The zero-order chi connectivity index (χ0) is 27.0. The lowest BCUT2D eigenvalue weighted by Crippen LogP contribution is -2.41. The Morgan fingerprint density at radius 3 is 2.11 bits per heavy atom. The first-order valence-corrected chi connectivity index (χ1v) is 11.7. The van der Waals surface area contributed by atoms with Crippen LogP contribution in [0.1, 0.15) is 53.0 Å². The Morgan fingerprint density at radius 1 is 0.972 bits per heavy atom. The summed E-state index contributed by atoms with van der Waals surface area (Å²) in [6.07, 6.45) is 2.06. The maximum Gasteiger partial charge on any atom is 0.311 e. The lowest BCUT2D eigenvalue weighted by molar-refractivity contribution is -0.154. The highest BCUT2D eigenvalue weighted by Gasteiger charge is 2.26. The summed E-state index contributed by atoms with van der Waals surface area (Å²) in [5.41, 5.74) is 0.716. The molecule has 0 saturated heterocycles. The predicted molar refractivity (Wildman–Crippen MR) is 131 cm³/mol. The maximum absolute atomic E-state index is 12.5. The number of rotatable bonds is 11. The molecular formula is C26H33N3O7. The molecule has 0 unspecified atom stereocenters. The van der Waals surface area contributed by atoms with E-state index >= 15 is 0 Å². The normalized spacial score (nSPS) is 14.9. The fraction of sp³-hybridized carbons (Fsp3) is 0.462. The number of esters is 1. The molecule has 0 aromatic heterocycles. The number of ketones is 1. The van der Waals surface area contributed by atoms with Gasteiger partial charge in [0.25, 0.3) is 11.8 Å². The SMILES string of the molecule is C[C@H](CC(=O)[C@H](C)NC(=O)CCN1C(=O)C=CC1=O)C(=O)Nc1ccc(COC(=O)C(C)(C)C)cc1. The number of hydrogen-bond acceptors (Lipinski definition) is 7. The van der Waals surface area contributed by atoms with E-state index in [-0.39, 0.29) is 43.7 Å². The van der Waals surface area contributed by atoms with Crippen LogP contribution >= 0.6 is 0 Å². The van der Waals surface area contributed by atoms with E-state index in [0.29, 0.717) is 5.69 Å². The van der Waals surface area contributed by atoms with Crippen molar-refractivity contribution in [1.82, 2.24) is 10.2 Å². The van der Waals surface area contributed by atoms with Crippen LogP contribution in [0.4, 0.5) is 5.69 Å². The molecule has 10 nitrogen and oxygen atoms in total. The number of nitrogens with zero attached hydrogens (tertiary/aromatic N) is 1. The van der Waals surface area contributed by atoms with Crippen molar-refractivity contribution in [1.29, 1.82) is 0 Å². The molecule has 1 aliphatic rings. The predicted octanol–water partition coefficient (Wildman–Crippen LogP) is 2.13. The molecule has 1 aromatic carbocycles. The second kappa shape index (κ2) is 12.2. The van der Waals surface area contributed by atoms with E-state index in [4.69, 9.17) is 4.74 Å². The van der Waals surface area contributed by atoms with Crippen molar-refractivity contribution >= 4 is 41.1 Å². The molecular weight excluding hydrogens is 466 g/mol. The van der Waals surface area contributed by atoms with E-state index < -0.39 is 35.1 Å². The molecule has 2 N–H and O–H groups in total. The summed E-state index contributed by atoms with van der Waals surface area (Å²) in [5.74, 6) is -3.06. The number of amides is 4. The Hall–Kier alpha value is -3.82. The number of carbonyl (C=O) groups excluding carboxylic acids is 6. The van der Waals surface area contributed by atoms with Gasteiger partial charge in [0.05, 0.1) is 11.5 Å². The molecule has 0 fully saturated rings. The Morgan fingerprint density at radius 2 is 1.56 bits per heavy atom. The molecule has 194 valence electrons. The first-order valence-electron chi connectivity index (χ1n) is 11.7. The number of ether oxygens (including phenoxy) is 1. The van der Waals surface area contributed by atoms with Gasteiger partial charge in [-0.15, -0.1) is 0 Å². The molecule has 1 aliphatic heterocycles. The lowest BCUT2D eigenvalue weighted by Gasteiger charge is -2.18. The minimum atomic E-state index is -0.828. The van der Waals surface area contributed by atoms with E-state index in [2.05, 4.69) is 10.6 Å². The summed E-state index contributed by atoms with van der Waals surface area (Å²) < 4.78 is 5.27. The monoisotopic (exact) mass is 499 g/mol. The van der Waals surface area contributed by atoms with Crippen LogP contribution in [0.3, 0.4) is 0 Å². The van der Waals surface area contributed by atoms with Gasteiger partial charge < -0.3 is 15.4 Å². The van der Waals surface area contributed by atoms with Crippen molar-refractivity contribution in [3.63, 3.8) is 0 Å². The summed E-state index contributed by atoms with van der Waals surface area (Å²) in [6.45, 7) is 8.50. The van der Waals surface area contributed by atoms with Crippen LogP contribution < -0.4 is 10.6 Å². The van der Waals surface area contributed by atoms with E-state index in [1.54, 1.807) is 52.0 Å². The largest absolute Gasteiger partial charge is 0.460 e. The van der Waals surface area contributed by atoms with Gasteiger partial charge in [-0.2, -0.15) is 0 Å². The van der Waals surface area contributed by atoms with Crippen LogP contribution in [-0.2, 0) is 40.1 Å².